The molecule has 0 saturated carbocycles. The largest absolute Gasteiger partial charge is 0.0613 e. The molecule has 0 spiro atoms. The molecule has 0 nitrogen and oxygen atoms in total. The summed E-state index contributed by atoms with van der Waals surface area (Å²) < 4.78 is 0. The van der Waals surface area contributed by atoms with Gasteiger partial charge in [0.15, 0.2) is 0 Å². The van der Waals surface area contributed by atoms with E-state index in [0.717, 1.165) is 0 Å². The minimum atomic E-state index is -0.636. The Bertz CT molecular complexity index is 902. The first-order chi connectivity index (χ1) is 14.3. The van der Waals surface area contributed by atoms with Crippen LogP contribution in [0.4, 0.5) is 0 Å². The van der Waals surface area contributed by atoms with Crippen LogP contribution in [-0.2, 0) is 16.2 Å². The molecular formula is C30H39P. The van der Waals surface area contributed by atoms with Crippen molar-refractivity contribution in [1.82, 2.24) is 0 Å². The summed E-state index contributed by atoms with van der Waals surface area (Å²) in [4.78, 5) is 0. The Labute approximate surface area is 191 Å². The van der Waals surface area contributed by atoms with Crippen LogP contribution in [0, 0.1) is 0 Å². The van der Waals surface area contributed by atoms with E-state index in [1.165, 1.54) is 32.6 Å². The Morgan fingerprint density at radius 3 is 0.903 bits per heavy atom. The van der Waals surface area contributed by atoms with Crippen LogP contribution in [0.2, 0.25) is 0 Å². The quantitative estimate of drug-likeness (QED) is 0.381. The summed E-state index contributed by atoms with van der Waals surface area (Å²) in [6.45, 7) is 20.7. The lowest BCUT2D eigenvalue weighted by atomic mass is 9.87. The van der Waals surface area contributed by atoms with Gasteiger partial charge in [-0.25, -0.2) is 0 Å². The molecule has 0 aromatic heterocycles. The minimum Gasteiger partial charge on any atom is -0.0613 e. The van der Waals surface area contributed by atoms with Gasteiger partial charge < -0.3 is 0 Å². The van der Waals surface area contributed by atoms with Crippen molar-refractivity contribution >= 4 is 23.8 Å². The molecule has 164 valence electrons. The highest BCUT2D eigenvalue weighted by Gasteiger charge is 2.23. The molecule has 31 heavy (non-hydrogen) atoms. The average molecular weight is 431 g/mol. The first kappa shape index (κ1) is 23.7. The van der Waals surface area contributed by atoms with Crippen LogP contribution in [0.5, 0.6) is 0 Å². The van der Waals surface area contributed by atoms with E-state index in [0.29, 0.717) is 0 Å². The van der Waals surface area contributed by atoms with E-state index in [-0.39, 0.29) is 16.2 Å². The molecular weight excluding hydrogens is 391 g/mol. The molecule has 0 aliphatic rings. The molecule has 0 saturated heterocycles. The first-order valence-electron chi connectivity index (χ1n) is 11.4. The summed E-state index contributed by atoms with van der Waals surface area (Å²) in [5, 5.41) is 4.29. The molecule has 0 bridgehead atoms. The molecule has 3 aromatic carbocycles. The molecule has 3 rings (SSSR count). The summed E-state index contributed by atoms with van der Waals surface area (Å²) in [5.74, 6) is 0. The first-order valence-corrected chi connectivity index (χ1v) is 12.7. The van der Waals surface area contributed by atoms with Crippen LogP contribution in [0.1, 0.15) is 79.0 Å². The molecule has 3 aromatic rings. The van der Waals surface area contributed by atoms with Gasteiger partial charge in [0, 0.05) is 0 Å². The van der Waals surface area contributed by atoms with Gasteiger partial charge in [0.2, 0.25) is 0 Å². The molecule has 0 amide bonds. The molecule has 0 aliphatic carbocycles. The molecule has 0 aliphatic heterocycles. The van der Waals surface area contributed by atoms with Crippen molar-refractivity contribution in [1.29, 1.82) is 0 Å². The molecule has 0 heterocycles. The van der Waals surface area contributed by atoms with Crippen molar-refractivity contribution in [2.75, 3.05) is 0 Å². The van der Waals surface area contributed by atoms with Crippen LogP contribution >= 0.6 is 7.92 Å². The molecule has 0 N–H and O–H groups in total. The number of rotatable bonds is 3. The summed E-state index contributed by atoms with van der Waals surface area (Å²) >= 11 is 0. The third-order valence-electron chi connectivity index (χ3n) is 5.91. The fourth-order valence-electron chi connectivity index (χ4n) is 3.78. The predicted octanol–water partition coefficient (Wildman–Crippen LogP) is 7.34. The Morgan fingerprint density at radius 2 is 0.677 bits per heavy atom. The molecule has 0 unspecified atom stereocenters. The highest BCUT2D eigenvalue weighted by molar-refractivity contribution is 7.79. The second kappa shape index (κ2) is 8.55. The van der Waals surface area contributed by atoms with Gasteiger partial charge in [-0.15, -0.1) is 0 Å². The van der Waals surface area contributed by atoms with Gasteiger partial charge in [0.05, 0.1) is 0 Å². The Hall–Kier alpha value is -1.91. The smallest absolute Gasteiger partial charge is 0.0132 e. The van der Waals surface area contributed by atoms with Crippen LogP contribution in [0.3, 0.4) is 0 Å². The zero-order chi connectivity index (χ0) is 23.0. The Morgan fingerprint density at radius 1 is 0.419 bits per heavy atom. The SMILES string of the molecule is CC(C)(C)c1cccc(P(c2cccc(C(C)(C)C)c2)c2cccc(C(C)(C)C)c2)c1. The van der Waals surface area contributed by atoms with Gasteiger partial charge >= 0.3 is 0 Å². The van der Waals surface area contributed by atoms with E-state index in [2.05, 4.69) is 135 Å². The zero-order valence-electron chi connectivity index (χ0n) is 20.9. The van der Waals surface area contributed by atoms with Gasteiger partial charge in [0.25, 0.3) is 0 Å². The minimum absolute atomic E-state index is 0.136. The standard InChI is InChI=1S/C30H39P/c1-28(2,3)22-13-10-16-25(19-22)31(26-17-11-14-23(20-26)29(4,5)6)27-18-12-15-24(21-27)30(7,8)9/h10-21H,1-9H3. The summed E-state index contributed by atoms with van der Waals surface area (Å²) in [5.41, 5.74) is 4.61. The maximum Gasteiger partial charge on any atom is -0.0132 e. The van der Waals surface area contributed by atoms with Gasteiger partial charge in [-0.1, -0.05) is 135 Å². The van der Waals surface area contributed by atoms with Crippen molar-refractivity contribution in [3.05, 3.63) is 89.5 Å². The monoisotopic (exact) mass is 430 g/mol. The van der Waals surface area contributed by atoms with E-state index in [1.54, 1.807) is 0 Å². The maximum absolute atomic E-state index is 2.44. The average Bonchev–Trinajstić information content (AvgIpc) is 2.67. The molecule has 0 fully saturated rings. The van der Waals surface area contributed by atoms with Crippen LogP contribution in [0.25, 0.3) is 0 Å². The molecule has 0 atom stereocenters. The van der Waals surface area contributed by atoms with Crippen molar-refractivity contribution in [3.8, 4) is 0 Å². The van der Waals surface area contributed by atoms with Gasteiger partial charge in [0.1, 0.15) is 0 Å². The highest BCUT2D eigenvalue weighted by Crippen LogP contribution is 2.37. The van der Waals surface area contributed by atoms with E-state index in [1.807, 2.05) is 0 Å². The summed E-state index contributed by atoms with van der Waals surface area (Å²) in [6, 6.07) is 27.9. The fourth-order valence-corrected chi connectivity index (χ4v) is 6.19. The lowest BCUT2D eigenvalue weighted by Gasteiger charge is -2.27. The second-order valence-electron chi connectivity index (χ2n) is 11.7. The predicted molar refractivity (Wildman–Crippen MR) is 141 cm³/mol. The maximum atomic E-state index is 2.44. The highest BCUT2D eigenvalue weighted by atomic mass is 31.1. The zero-order valence-corrected chi connectivity index (χ0v) is 21.8. The summed E-state index contributed by atoms with van der Waals surface area (Å²) in [6.07, 6.45) is 0. The third-order valence-corrected chi connectivity index (χ3v) is 8.29. The third kappa shape index (κ3) is 5.67. The van der Waals surface area contributed by atoms with Gasteiger partial charge in [-0.2, -0.15) is 0 Å². The van der Waals surface area contributed by atoms with E-state index in [4.69, 9.17) is 0 Å². The van der Waals surface area contributed by atoms with Crippen molar-refractivity contribution in [2.24, 2.45) is 0 Å². The molecule has 1 heteroatoms. The van der Waals surface area contributed by atoms with Crippen molar-refractivity contribution < 1.29 is 0 Å². The van der Waals surface area contributed by atoms with Crippen LogP contribution < -0.4 is 15.9 Å². The number of hydrogen-bond donors (Lipinski definition) is 0. The van der Waals surface area contributed by atoms with E-state index >= 15 is 0 Å². The number of benzene rings is 3. The van der Waals surface area contributed by atoms with E-state index < -0.39 is 7.92 Å². The van der Waals surface area contributed by atoms with Crippen molar-refractivity contribution in [3.63, 3.8) is 0 Å². The lowest BCUT2D eigenvalue weighted by Crippen LogP contribution is -2.25. The fraction of sp³-hybridized carbons (Fsp3) is 0.400. The topological polar surface area (TPSA) is 0 Å². The summed E-state index contributed by atoms with van der Waals surface area (Å²) in [7, 11) is -0.636. The lowest BCUT2D eigenvalue weighted by molar-refractivity contribution is 0.590. The second-order valence-corrected chi connectivity index (χ2v) is 14.0. The normalized spacial score (nSPS) is 13.0. The van der Waals surface area contributed by atoms with Gasteiger partial charge in [-0.3, -0.25) is 0 Å². The van der Waals surface area contributed by atoms with E-state index in [9.17, 15) is 0 Å². The Balaban J connectivity index is 2.24. The van der Waals surface area contributed by atoms with Crippen LogP contribution in [0.15, 0.2) is 72.8 Å². The van der Waals surface area contributed by atoms with Crippen molar-refractivity contribution in [2.45, 2.75) is 78.6 Å². The van der Waals surface area contributed by atoms with Crippen LogP contribution in [-0.4, -0.2) is 0 Å². The van der Waals surface area contributed by atoms with Gasteiger partial charge in [-0.05, 0) is 56.8 Å². The molecule has 0 radical (unpaired) electrons. The number of hydrogen-bond acceptors (Lipinski definition) is 0. The Kier molecular flexibility index (Phi) is 6.55.